The number of rotatable bonds is 4. The number of halogens is 3. The molecule has 0 saturated carbocycles. The van der Waals surface area contributed by atoms with Gasteiger partial charge in [0.15, 0.2) is 5.03 Å². The third-order valence-corrected chi connectivity index (χ3v) is 6.50. The topological polar surface area (TPSA) is 55.2 Å². The third-order valence-electron chi connectivity index (χ3n) is 4.26. The Morgan fingerprint density at radius 3 is 2.52 bits per heavy atom. The van der Waals surface area contributed by atoms with Gasteiger partial charge in [-0.05, 0) is 49.6 Å². The highest BCUT2D eigenvalue weighted by molar-refractivity contribution is 9.28. The van der Waals surface area contributed by atoms with Crippen molar-refractivity contribution in [3.8, 4) is 0 Å². The second-order valence-electron chi connectivity index (χ2n) is 5.98. The van der Waals surface area contributed by atoms with Gasteiger partial charge in [-0.3, -0.25) is 0 Å². The first-order valence-electron chi connectivity index (χ1n) is 7.54. The first-order chi connectivity index (χ1) is 11.8. The van der Waals surface area contributed by atoms with Crippen LogP contribution >= 0.6 is 31.9 Å². The fourth-order valence-electron chi connectivity index (χ4n) is 3.04. The monoisotopic (exact) mass is 491 g/mol. The number of sulfonamides is 1. The summed E-state index contributed by atoms with van der Waals surface area (Å²) in [6.07, 6.45) is 4.89. The van der Waals surface area contributed by atoms with E-state index in [9.17, 15) is 12.8 Å². The molecule has 5 nitrogen and oxygen atoms in total. The molecule has 0 unspecified atom stereocenters. The maximum Gasteiger partial charge on any atom is 0.262 e. The lowest BCUT2D eigenvalue weighted by Gasteiger charge is -2.16. The summed E-state index contributed by atoms with van der Waals surface area (Å²) in [6, 6.07) is 6.21. The molecule has 134 valence electrons. The highest BCUT2D eigenvalue weighted by atomic mass is 79.9. The van der Waals surface area contributed by atoms with E-state index in [0.717, 1.165) is 8.96 Å². The minimum absolute atomic E-state index is 0.0374. The molecule has 1 saturated heterocycles. The van der Waals surface area contributed by atoms with Crippen LogP contribution in [0.4, 0.5) is 4.39 Å². The molecule has 3 rings (SSSR count). The zero-order valence-electron chi connectivity index (χ0n) is 13.3. The molecule has 0 amide bonds. The number of aryl methyl sites for hydroxylation is 1. The van der Waals surface area contributed by atoms with E-state index in [4.69, 9.17) is 0 Å². The Kier molecular flexibility index (Phi) is 5.48. The number of benzene rings is 1. The zero-order valence-corrected chi connectivity index (χ0v) is 17.3. The van der Waals surface area contributed by atoms with Crippen molar-refractivity contribution < 1.29 is 12.8 Å². The molecular formula is C16H16Br2FN3O2S. The van der Waals surface area contributed by atoms with Crippen molar-refractivity contribution in [1.29, 1.82) is 0 Å². The van der Waals surface area contributed by atoms with Crippen LogP contribution in [0.25, 0.3) is 0 Å². The molecule has 1 aromatic carbocycles. The van der Waals surface area contributed by atoms with Gasteiger partial charge < -0.3 is 4.57 Å². The lowest BCUT2D eigenvalue weighted by atomic mass is 9.89. The summed E-state index contributed by atoms with van der Waals surface area (Å²) in [5.74, 6) is -0.421. The van der Waals surface area contributed by atoms with E-state index in [-0.39, 0.29) is 22.7 Å². The number of hydrogen-bond acceptors (Lipinski definition) is 3. The first-order valence-corrected chi connectivity index (χ1v) is 10.6. The normalized spacial score (nSPS) is 21.4. The van der Waals surface area contributed by atoms with Crippen molar-refractivity contribution in [3.05, 3.63) is 57.6 Å². The molecule has 1 aromatic heterocycles. The van der Waals surface area contributed by atoms with E-state index in [1.54, 1.807) is 23.7 Å². The van der Waals surface area contributed by atoms with Crippen LogP contribution in [0.2, 0.25) is 0 Å². The minimum atomic E-state index is -3.67. The average Bonchev–Trinajstić information content (AvgIpc) is 3.15. The minimum Gasteiger partial charge on any atom is -0.339 e. The van der Waals surface area contributed by atoms with E-state index in [0.29, 0.717) is 13.1 Å². The number of aromatic nitrogens is 2. The maximum absolute atomic E-state index is 13.2. The second kappa shape index (κ2) is 7.30. The van der Waals surface area contributed by atoms with Gasteiger partial charge in [-0.1, -0.05) is 18.2 Å². The van der Waals surface area contributed by atoms with Crippen LogP contribution in [-0.4, -0.2) is 35.4 Å². The van der Waals surface area contributed by atoms with Crippen LogP contribution in [0.3, 0.4) is 0 Å². The Balaban J connectivity index is 1.94. The summed E-state index contributed by atoms with van der Waals surface area (Å²) in [4.78, 5) is 3.98. The Morgan fingerprint density at radius 2 is 1.96 bits per heavy atom. The van der Waals surface area contributed by atoms with Gasteiger partial charge in [0, 0.05) is 38.2 Å². The Hall–Kier alpha value is -1.03. The molecule has 25 heavy (non-hydrogen) atoms. The summed E-state index contributed by atoms with van der Waals surface area (Å²) in [5.41, 5.74) is 0.905. The lowest BCUT2D eigenvalue weighted by molar-refractivity contribution is 0.466. The van der Waals surface area contributed by atoms with Crippen LogP contribution in [0.1, 0.15) is 11.5 Å². The van der Waals surface area contributed by atoms with Crippen molar-refractivity contribution in [2.45, 2.75) is 10.9 Å². The van der Waals surface area contributed by atoms with E-state index in [1.165, 1.54) is 29.0 Å². The maximum atomic E-state index is 13.2. The van der Waals surface area contributed by atoms with Crippen LogP contribution in [0.5, 0.6) is 0 Å². The smallest absolute Gasteiger partial charge is 0.262 e. The average molecular weight is 493 g/mol. The summed E-state index contributed by atoms with van der Waals surface area (Å²) in [5, 5.41) is 0.0374. The quantitative estimate of drug-likeness (QED) is 0.655. The Bertz CT molecular complexity index is 892. The van der Waals surface area contributed by atoms with Gasteiger partial charge >= 0.3 is 0 Å². The van der Waals surface area contributed by atoms with Gasteiger partial charge in [0.2, 0.25) is 0 Å². The third kappa shape index (κ3) is 4.05. The molecule has 0 N–H and O–H groups in total. The summed E-state index contributed by atoms with van der Waals surface area (Å²) >= 11 is 6.70. The predicted molar refractivity (Wildman–Crippen MR) is 101 cm³/mol. The fourth-order valence-corrected chi connectivity index (χ4v) is 5.18. The highest BCUT2D eigenvalue weighted by Crippen LogP contribution is 2.38. The van der Waals surface area contributed by atoms with Crippen LogP contribution < -0.4 is 0 Å². The van der Waals surface area contributed by atoms with Crippen molar-refractivity contribution in [3.63, 3.8) is 0 Å². The van der Waals surface area contributed by atoms with Crippen LogP contribution in [0, 0.1) is 11.7 Å². The Morgan fingerprint density at radius 1 is 1.28 bits per heavy atom. The summed E-state index contributed by atoms with van der Waals surface area (Å²) in [7, 11) is -1.94. The van der Waals surface area contributed by atoms with Crippen LogP contribution in [0.15, 0.2) is 51.3 Å². The fraction of sp³-hybridized carbons (Fsp3) is 0.312. The Labute approximate surface area is 162 Å². The second-order valence-corrected chi connectivity index (χ2v) is 10.6. The SMILES string of the molecule is Cn1cnc(S(=O)(=O)N2C[C@@H](C=C(Br)Br)[C@H](c3ccc(F)cc3)C2)c1. The first kappa shape index (κ1) is 18.8. The molecule has 0 bridgehead atoms. The highest BCUT2D eigenvalue weighted by Gasteiger charge is 2.40. The van der Waals surface area contributed by atoms with Gasteiger partial charge in [-0.2, -0.15) is 4.31 Å². The van der Waals surface area contributed by atoms with Gasteiger partial charge in [-0.25, -0.2) is 17.8 Å². The van der Waals surface area contributed by atoms with Gasteiger partial charge in [-0.15, -0.1) is 0 Å². The van der Waals surface area contributed by atoms with E-state index < -0.39 is 10.0 Å². The molecule has 9 heteroatoms. The molecular weight excluding hydrogens is 477 g/mol. The number of hydrogen-bond donors (Lipinski definition) is 0. The summed E-state index contributed by atoms with van der Waals surface area (Å²) < 4.78 is 42.7. The predicted octanol–water partition coefficient (Wildman–Crippen LogP) is 3.59. The molecule has 2 heterocycles. The zero-order chi connectivity index (χ0) is 18.2. The van der Waals surface area contributed by atoms with E-state index in [2.05, 4.69) is 36.8 Å². The van der Waals surface area contributed by atoms with Crippen molar-refractivity contribution in [2.24, 2.45) is 13.0 Å². The summed E-state index contributed by atoms with van der Waals surface area (Å²) in [6.45, 7) is 0.653. The van der Waals surface area contributed by atoms with E-state index >= 15 is 0 Å². The molecule has 1 fully saturated rings. The lowest BCUT2D eigenvalue weighted by Crippen LogP contribution is -2.29. The van der Waals surface area contributed by atoms with Crippen molar-refractivity contribution in [1.82, 2.24) is 13.9 Å². The van der Waals surface area contributed by atoms with E-state index in [1.807, 2.05) is 6.08 Å². The van der Waals surface area contributed by atoms with Gasteiger partial charge in [0.25, 0.3) is 10.0 Å². The molecule has 0 spiro atoms. The number of imidazole rings is 1. The molecule has 1 aliphatic heterocycles. The van der Waals surface area contributed by atoms with Gasteiger partial charge in [0.1, 0.15) is 5.82 Å². The molecule has 1 aliphatic rings. The molecule has 0 radical (unpaired) electrons. The molecule has 0 aliphatic carbocycles. The largest absolute Gasteiger partial charge is 0.339 e. The molecule has 2 atom stereocenters. The number of nitrogens with zero attached hydrogens (tertiary/aromatic N) is 3. The van der Waals surface area contributed by atoms with Crippen molar-refractivity contribution >= 4 is 41.9 Å². The van der Waals surface area contributed by atoms with Gasteiger partial charge in [0.05, 0.1) is 9.72 Å². The molecule has 2 aromatic rings. The standard InChI is InChI=1S/C16H16Br2FN3O2S/c1-21-9-16(20-10-21)25(23,24)22-7-12(6-15(17)18)14(8-22)11-2-4-13(19)5-3-11/h2-6,9-10,12,14H,7-8H2,1H3/t12-,14+/m1/s1. The van der Waals surface area contributed by atoms with Crippen LogP contribution in [-0.2, 0) is 17.1 Å². The van der Waals surface area contributed by atoms with Crippen molar-refractivity contribution in [2.75, 3.05) is 13.1 Å².